The Morgan fingerprint density at radius 3 is 2.45 bits per heavy atom. The van der Waals surface area contributed by atoms with E-state index < -0.39 is 23.8 Å². The molecule has 4 rings (SSSR count). The van der Waals surface area contributed by atoms with Crippen molar-refractivity contribution >= 4 is 17.6 Å². The number of amides is 2. The number of carbonyl (C=O) groups is 2. The number of hydrogen-bond donors (Lipinski definition) is 2. The predicted molar refractivity (Wildman–Crippen MR) is 130 cm³/mol. The second kappa shape index (κ2) is 12.8. The minimum absolute atomic E-state index is 0.0366. The number of aromatic nitrogens is 7. The van der Waals surface area contributed by atoms with Crippen molar-refractivity contribution in [1.29, 1.82) is 0 Å². The molecule has 2 N–H and O–H groups in total. The van der Waals surface area contributed by atoms with Gasteiger partial charge in [-0.25, -0.2) is 4.39 Å². The molecule has 0 bridgehead atoms. The van der Waals surface area contributed by atoms with Crippen LogP contribution in [-0.2, 0) is 30.8 Å². The van der Waals surface area contributed by atoms with E-state index in [2.05, 4.69) is 41.0 Å². The molecule has 0 fully saturated rings. The maximum absolute atomic E-state index is 13.9. The minimum Gasteiger partial charge on any atom is -0.406 e. The summed E-state index contributed by atoms with van der Waals surface area (Å²) in [5.41, 5.74) is 0.414. The first kappa shape index (κ1) is 28.1. The first-order chi connectivity index (χ1) is 19.1. The summed E-state index contributed by atoms with van der Waals surface area (Å²) in [7, 11) is 0. The molecule has 40 heavy (non-hydrogen) atoms. The third kappa shape index (κ3) is 8.57. The lowest BCUT2D eigenvalue weighted by Crippen LogP contribution is -2.24. The van der Waals surface area contributed by atoms with Crippen LogP contribution in [0.2, 0.25) is 0 Å². The van der Waals surface area contributed by atoms with Crippen LogP contribution in [0.5, 0.6) is 5.75 Å². The van der Waals surface area contributed by atoms with Crippen molar-refractivity contribution < 1.29 is 31.9 Å². The lowest BCUT2D eigenvalue weighted by molar-refractivity contribution is -0.274. The number of hydrogen-bond acceptors (Lipinski definition) is 8. The van der Waals surface area contributed by atoms with Crippen LogP contribution < -0.4 is 15.4 Å². The number of halogens is 4. The molecule has 0 saturated carbocycles. The van der Waals surface area contributed by atoms with Gasteiger partial charge in [0.2, 0.25) is 5.91 Å². The number of alkyl halides is 3. The van der Waals surface area contributed by atoms with Crippen molar-refractivity contribution in [3.63, 3.8) is 0 Å². The van der Waals surface area contributed by atoms with Gasteiger partial charge in [0, 0.05) is 37.1 Å². The Morgan fingerprint density at radius 2 is 1.73 bits per heavy atom. The van der Waals surface area contributed by atoms with E-state index in [1.165, 1.54) is 10.9 Å². The van der Waals surface area contributed by atoms with Gasteiger partial charge in [-0.3, -0.25) is 23.9 Å². The van der Waals surface area contributed by atoms with E-state index in [-0.39, 0.29) is 30.1 Å². The van der Waals surface area contributed by atoms with Crippen LogP contribution in [-0.4, -0.2) is 53.1 Å². The number of nitrogens with zero attached hydrogens (tertiary/aromatic N) is 7. The molecule has 0 aliphatic carbocycles. The van der Waals surface area contributed by atoms with Gasteiger partial charge < -0.3 is 15.4 Å². The molecule has 0 saturated heterocycles. The number of unbranched alkanes of at least 4 members (excludes halogenated alkanes) is 1. The van der Waals surface area contributed by atoms with Crippen LogP contribution in [0.1, 0.15) is 34.6 Å². The third-order valence-corrected chi connectivity index (χ3v) is 5.36. The number of benzene rings is 1. The first-order valence-corrected chi connectivity index (χ1v) is 12.0. The number of anilines is 1. The molecule has 3 heterocycles. The van der Waals surface area contributed by atoms with E-state index in [9.17, 15) is 27.2 Å². The van der Waals surface area contributed by atoms with Crippen LogP contribution in [0.3, 0.4) is 0 Å². The number of rotatable bonds is 12. The zero-order chi connectivity index (χ0) is 28.5. The summed E-state index contributed by atoms with van der Waals surface area (Å²) >= 11 is 0. The summed E-state index contributed by atoms with van der Waals surface area (Å²) in [6.07, 6.45) is 1.16. The maximum atomic E-state index is 13.9. The molecule has 0 aliphatic heterocycles. The highest BCUT2D eigenvalue weighted by atomic mass is 19.4. The average molecular weight is 562 g/mol. The van der Waals surface area contributed by atoms with Gasteiger partial charge in [-0.1, -0.05) is 16.5 Å². The van der Waals surface area contributed by atoms with Gasteiger partial charge in [0.15, 0.2) is 11.5 Å². The molecule has 1 aromatic carbocycles. The highest BCUT2D eigenvalue weighted by Crippen LogP contribution is 2.24. The molecule has 0 radical (unpaired) electrons. The summed E-state index contributed by atoms with van der Waals surface area (Å²) in [6.45, 7) is 0.581. The van der Waals surface area contributed by atoms with Crippen molar-refractivity contribution in [2.24, 2.45) is 0 Å². The number of ether oxygens (including phenoxy) is 1. The molecular weight excluding hydrogens is 538 g/mol. The Morgan fingerprint density at radius 1 is 0.975 bits per heavy atom. The Balaban J connectivity index is 1.18. The lowest BCUT2D eigenvalue weighted by atomic mass is 10.2. The van der Waals surface area contributed by atoms with Crippen molar-refractivity contribution in [3.05, 3.63) is 77.8 Å². The molecule has 16 heteroatoms. The highest BCUT2D eigenvalue weighted by molar-refractivity contribution is 5.92. The van der Waals surface area contributed by atoms with Gasteiger partial charge >= 0.3 is 6.36 Å². The largest absolute Gasteiger partial charge is 0.573 e. The van der Waals surface area contributed by atoms with Crippen LogP contribution in [0.4, 0.5) is 23.4 Å². The van der Waals surface area contributed by atoms with E-state index >= 15 is 0 Å². The van der Waals surface area contributed by atoms with Gasteiger partial charge in [-0.2, -0.15) is 0 Å². The van der Waals surface area contributed by atoms with Gasteiger partial charge in [0.25, 0.3) is 5.91 Å². The number of nitrogens with one attached hydrogen (secondary N) is 2. The van der Waals surface area contributed by atoms with Gasteiger partial charge in [-0.05, 0) is 43.2 Å². The van der Waals surface area contributed by atoms with E-state index in [0.29, 0.717) is 37.4 Å². The molecular formula is C24H23F4N9O3. The fourth-order valence-electron chi connectivity index (χ4n) is 3.53. The summed E-state index contributed by atoms with van der Waals surface area (Å²) in [5, 5.41) is 20.6. The fourth-order valence-corrected chi connectivity index (χ4v) is 3.53. The van der Waals surface area contributed by atoms with Crippen molar-refractivity contribution in [1.82, 2.24) is 40.3 Å². The molecule has 0 aliphatic rings. The zero-order valence-electron chi connectivity index (χ0n) is 20.8. The first-order valence-electron chi connectivity index (χ1n) is 12.0. The fraction of sp³-hybridized carbons (Fsp3) is 0.292. The third-order valence-electron chi connectivity index (χ3n) is 5.36. The van der Waals surface area contributed by atoms with Gasteiger partial charge in [0.05, 0.1) is 18.8 Å². The molecule has 0 atom stereocenters. The molecule has 3 aromatic heterocycles. The zero-order valence-corrected chi connectivity index (χ0v) is 20.8. The molecule has 0 spiro atoms. The summed E-state index contributed by atoms with van der Waals surface area (Å²) < 4.78 is 57.9. The molecule has 4 aromatic rings. The standard InChI is InChI=1S/C24H23F4N9O3/c25-19-7-6-18(40-24(26,27)28)11-16(19)13-30-23(39)20-14-36(34-32-20)9-3-4-10-37-15-21(33-35-37)31-22(38)12-17-5-1-2-8-29-17/h1-2,5-8,11,14-15H,3-4,9-10,12-13H2,(H,30,39)(H,31,38). The predicted octanol–water partition coefficient (Wildman–Crippen LogP) is 2.89. The van der Waals surface area contributed by atoms with Crippen LogP contribution >= 0.6 is 0 Å². The monoisotopic (exact) mass is 561 g/mol. The van der Waals surface area contributed by atoms with E-state index in [0.717, 1.165) is 18.2 Å². The van der Waals surface area contributed by atoms with Crippen LogP contribution in [0, 0.1) is 5.82 Å². The Hall–Kier alpha value is -4.89. The number of aryl methyl sites for hydroxylation is 2. The highest BCUT2D eigenvalue weighted by Gasteiger charge is 2.31. The van der Waals surface area contributed by atoms with E-state index in [4.69, 9.17) is 0 Å². The Labute approximate surface area is 224 Å². The molecule has 0 unspecified atom stereocenters. The summed E-state index contributed by atoms with van der Waals surface area (Å²) in [6, 6.07) is 7.83. The van der Waals surface area contributed by atoms with E-state index in [1.807, 2.05) is 0 Å². The molecule has 12 nitrogen and oxygen atoms in total. The van der Waals surface area contributed by atoms with Gasteiger partial charge in [-0.15, -0.1) is 23.4 Å². The van der Waals surface area contributed by atoms with Crippen LogP contribution in [0.25, 0.3) is 0 Å². The maximum Gasteiger partial charge on any atom is 0.573 e. The number of carbonyl (C=O) groups excluding carboxylic acids is 2. The second-order valence-corrected chi connectivity index (χ2v) is 8.47. The smallest absolute Gasteiger partial charge is 0.406 e. The van der Waals surface area contributed by atoms with Gasteiger partial charge in [0.1, 0.15) is 11.6 Å². The second-order valence-electron chi connectivity index (χ2n) is 8.47. The average Bonchev–Trinajstić information content (AvgIpc) is 3.56. The van der Waals surface area contributed by atoms with Crippen LogP contribution in [0.15, 0.2) is 55.0 Å². The summed E-state index contributed by atoms with van der Waals surface area (Å²) in [4.78, 5) is 28.6. The van der Waals surface area contributed by atoms with Crippen molar-refractivity contribution in [3.8, 4) is 5.75 Å². The Bertz CT molecular complexity index is 1440. The number of pyridine rings is 1. The summed E-state index contributed by atoms with van der Waals surface area (Å²) in [5.74, 6) is -2.01. The minimum atomic E-state index is -4.92. The van der Waals surface area contributed by atoms with Crippen molar-refractivity contribution in [2.75, 3.05) is 5.32 Å². The molecule has 210 valence electrons. The topological polar surface area (TPSA) is 142 Å². The Kier molecular flexibility index (Phi) is 8.98. The van der Waals surface area contributed by atoms with Crippen molar-refractivity contribution in [2.45, 2.75) is 45.3 Å². The SMILES string of the molecule is O=C(Cc1ccccn1)Nc1cn(CCCCn2cc(C(=O)NCc3cc(OC(F)(F)F)ccc3F)nn2)nn1. The molecule has 2 amide bonds. The quantitative estimate of drug-likeness (QED) is 0.199. The normalized spacial score (nSPS) is 11.3. The lowest BCUT2D eigenvalue weighted by Gasteiger charge is -2.11. The van der Waals surface area contributed by atoms with E-state index in [1.54, 1.807) is 35.3 Å².